The van der Waals surface area contributed by atoms with Gasteiger partial charge in [0.15, 0.2) is 0 Å². The van der Waals surface area contributed by atoms with Gasteiger partial charge in [-0.2, -0.15) is 0 Å². The first-order valence-electron chi connectivity index (χ1n) is 11.2. The van der Waals surface area contributed by atoms with E-state index in [0.29, 0.717) is 16.7 Å². The molecule has 0 aliphatic carbocycles. The van der Waals surface area contributed by atoms with Crippen molar-refractivity contribution in [3.63, 3.8) is 0 Å². The number of nitrogens with one attached hydrogen (secondary N) is 1. The van der Waals surface area contributed by atoms with Crippen LogP contribution in [-0.4, -0.2) is 31.7 Å². The highest BCUT2D eigenvalue weighted by Gasteiger charge is 2.21. The number of sulfonamides is 1. The Hall–Kier alpha value is -3.94. The maximum atomic E-state index is 11.6. The molecule has 0 aliphatic rings. The lowest BCUT2D eigenvalue weighted by molar-refractivity contribution is 0.607. The molecule has 0 fully saturated rings. The van der Waals surface area contributed by atoms with Crippen LogP contribution in [0.4, 0.5) is 17.3 Å². The van der Waals surface area contributed by atoms with Gasteiger partial charge in [-0.3, -0.25) is 4.72 Å². The first-order chi connectivity index (χ1) is 17.3. The Morgan fingerprint density at radius 1 is 0.833 bits per heavy atom. The van der Waals surface area contributed by atoms with E-state index in [2.05, 4.69) is 27.9 Å². The van der Waals surface area contributed by atoms with E-state index in [9.17, 15) is 8.42 Å². The molecule has 180 valence electrons. The molecule has 1 N–H and O–H groups in total. The first kappa shape index (κ1) is 23.8. The lowest BCUT2D eigenvalue weighted by Crippen LogP contribution is -2.14. The second-order valence-corrected chi connectivity index (χ2v) is 10.5. The van der Waals surface area contributed by atoms with E-state index in [4.69, 9.17) is 16.6 Å². The molecule has 8 heteroatoms. The summed E-state index contributed by atoms with van der Waals surface area (Å²) >= 11 is 6.85. The monoisotopic (exact) mass is 514 g/mol. The summed E-state index contributed by atoms with van der Waals surface area (Å²) in [4.78, 5) is 11.3. The van der Waals surface area contributed by atoms with Crippen LogP contribution in [0, 0.1) is 0 Å². The zero-order chi connectivity index (χ0) is 25.3. The molecule has 3 aromatic carbocycles. The third-order valence-corrected chi connectivity index (χ3v) is 6.72. The lowest BCUT2D eigenvalue weighted by atomic mass is 9.94. The summed E-state index contributed by atoms with van der Waals surface area (Å²) in [6.45, 7) is 0. The molecule has 0 amide bonds. The number of aromatic nitrogens is 2. The molecule has 0 saturated heterocycles. The van der Waals surface area contributed by atoms with E-state index in [-0.39, 0.29) is 0 Å². The first-order valence-corrected chi connectivity index (χ1v) is 13.5. The third kappa shape index (κ3) is 4.76. The van der Waals surface area contributed by atoms with E-state index >= 15 is 0 Å². The number of fused-ring (bicyclic) bond motifs is 1. The van der Waals surface area contributed by atoms with Crippen molar-refractivity contribution in [3.05, 3.63) is 102 Å². The molecule has 0 spiro atoms. The van der Waals surface area contributed by atoms with E-state index in [1.807, 2.05) is 72.6 Å². The minimum Gasteiger partial charge on any atom is -0.314 e. The highest BCUT2D eigenvalue weighted by Crippen LogP contribution is 2.43. The SMILES string of the molecule is CN(c1ccccn1)c1nc(Cl)c(-c2ccc(NS(C)(=O)=O)cc2)c2cccc(-c3ccccc3)c12. The van der Waals surface area contributed by atoms with Gasteiger partial charge in [0.1, 0.15) is 16.8 Å². The van der Waals surface area contributed by atoms with Crippen LogP contribution in [0.5, 0.6) is 0 Å². The third-order valence-electron chi connectivity index (χ3n) is 5.84. The predicted molar refractivity (Wildman–Crippen MR) is 148 cm³/mol. The Balaban J connectivity index is 1.77. The van der Waals surface area contributed by atoms with Gasteiger partial charge < -0.3 is 4.90 Å². The number of rotatable bonds is 6. The quantitative estimate of drug-likeness (QED) is 0.253. The second kappa shape index (κ2) is 9.60. The standard InChI is InChI=1S/C28H23ClN4O2S/c1-33(24-13-6-7-18-30-24)28-26-22(19-9-4-3-5-10-19)11-8-12-23(26)25(27(29)31-28)20-14-16-21(17-15-20)32-36(2,34)35/h3-18,32H,1-2H3. The number of anilines is 3. The van der Waals surface area contributed by atoms with Crippen molar-refractivity contribution in [3.8, 4) is 22.3 Å². The van der Waals surface area contributed by atoms with Crippen molar-refractivity contribution in [2.75, 3.05) is 22.9 Å². The normalized spacial score (nSPS) is 11.4. The number of hydrogen-bond acceptors (Lipinski definition) is 5. The van der Waals surface area contributed by atoms with Crippen LogP contribution in [0.1, 0.15) is 0 Å². The van der Waals surface area contributed by atoms with Crippen LogP contribution in [0.25, 0.3) is 33.0 Å². The fraction of sp³-hybridized carbons (Fsp3) is 0.0714. The van der Waals surface area contributed by atoms with E-state index < -0.39 is 10.0 Å². The molecule has 0 bridgehead atoms. The molecule has 2 heterocycles. The molecular formula is C28H23ClN4O2S. The second-order valence-electron chi connectivity index (χ2n) is 8.39. The maximum absolute atomic E-state index is 11.6. The molecule has 5 rings (SSSR count). The molecule has 36 heavy (non-hydrogen) atoms. The van der Waals surface area contributed by atoms with Gasteiger partial charge in [-0.15, -0.1) is 0 Å². The van der Waals surface area contributed by atoms with Crippen LogP contribution < -0.4 is 9.62 Å². The molecule has 0 unspecified atom stereocenters. The minimum absolute atomic E-state index is 0.342. The van der Waals surface area contributed by atoms with Gasteiger partial charge in [-0.25, -0.2) is 18.4 Å². The lowest BCUT2D eigenvalue weighted by Gasteiger charge is -2.23. The average Bonchev–Trinajstić information content (AvgIpc) is 2.88. The average molecular weight is 515 g/mol. The molecular weight excluding hydrogens is 492 g/mol. The smallest absolute Gasteiger partial charge is 0.229 e. The molecule has 0 saturated carbocycles. The number of halogens is 1. The number of pyridine rings is 2. The fourth-order valence-electron chi connectivity index (χ4n) is 4.27. The molecule has 6 nitrogen and oxygen atoms in total. The Bertz CT molecular complexity index is 1640. The van der Waals surface area contributed by atoms with Crippen LogP contribution in [0.15, 0.2) is 97.2 Å². The van der Waals surface area contributed by atoms with Gasteiger partial charge in [0.25, 0.3) is 0 Å². The Labute approximate surface area is 215 Å². The van der Waals surface area contributed by atoms with E-state index in [1.54, 1.807) is 18.3 Å². The molecule has 0 aliphatic heterocycles. The maximum Gasteiger partial charge on any atom is 0.229 e. The van der Waals surface area contributed by atoms with Crippen LogP contribution >= 0.6 is 11.6 Å². The summed E-state index contributed by atoms with van der Waals surface area (Å²) in [6.07, 6.45) is 2.87. The van der Waals surface area contributed by atoms with Crippen molar-refractivity contribution in [1.29, 1.82) is 0 Å². The Morgan fingerprint density at radius 3 is 2.22 bits per heavy atom. The van der Waals surface area contributed by atoms with Gasteiger partial charge in [0.05, 0.1) is 6.26 Å². The van der Waals surface area contributed by atoms with Gasteiger partial charge in [-0.05, 0) is 46.3 Å². The molecule has 0 radical (unpaired) electrons. The summed E-state index contributed by atoms with van der Waals surface area (Å²) in [5.74, 6) is 1.43. The van der Waals surface area contributed by atoms with Crippen molar-refractivity contribution < 1.29 is 8.42 Å². The summed E-state index contributed by atoms with van der Waals surface area (Å²) in [5, 5.41) is 2.21. The van der Waals surface area contributed by atoms with Gasteiger partial charge in [0, 0.05) is 29.9 Å². The van der Waals surface area contributed by atoms with Gasteiger partial charge >= 0.3 is 0 Å². The topological polar surface area (TPSA) is 75.2 Å². The summed E-state index contributed by atoms with van der Waals surface area (Å²) < 4.78 is 25.7. The minimum atomic E-state index is -3.38. The Morgan fingerprint density at radius 2 is 1.56 bits per heavy atom. The number of hydrogen-bond donors (Lipinski definition) is 1. The number of nitrogens with zero attached hydrogens (tertiary/aromatic N) is 3. The fourth-order valence-corrected chi connectivity index (χ4v) is 5.13. The van der Waals surface area contributed by atoms with Crippen LogP contribution in [-0.2, 0) is 10.0 Å². The van der Waals surface area contributed by atoms with Crippen molar-refractivity contribution in [2.24, 2.45) is 0 Å². The largest absolute Gasteiger partial charge is 0.314 e. The van der Waals surface area contributed by atoms with Gasteiger partial charge in [-0.1, -0.05) is 78.3 Å². The van der Waals surface area contributed by atoms with E-state index in [0.717, 1.165) is 45.1 Å². The number of benzene rings is 3. The van der Waals surface area contributed by atoms with Crippen molar-refractivity contribution >= 4 is 49.7 Å². The summed E-state index contributed by atoms with van der Waals surface area (Å²) in [7, 11) is -1.45. The summed E-state index contributed by atoms with van der Waals surface area (Å²) in [6, 6.07) is 29.1. The highest BCUT2D eigenvalue weighted by molar-refractivity contribution is 7.92. The predicted octanol–water partition coefficient (Wildman–Crippen LogP) is 6.76. The Kier molecular flexibility index (Phi) is 6.35. The van der Waals surface area contributed by atoms with E-state index in [1.165, 1.54) is 0 Å². The zero-order valence-corrected chi connectivity index (χ0v) is 21.3. The van der Waals surface area contributed by atoms with Crippen molar-refractivity contribution in [1.82, 2.24) is 9.97 Å². The molecule has 2 aromatic heterocycles. The van der Waals surface area contributed by atoms with Crippen LogP contribution in [0.2, 0.25) is 5.15 Å². The van der Waals surface area contributed by atoms with Gasteiger partial charge in [0.2, 0.25) is 10.0 Å². The summed E-state index contributed by atoms with van der Waals surface area (Å²) in [5.41, 5.74) is 4.15. The molecule has 0 atom stereocenters. The van der Waals surface area contributed by atoms with Crippen LogP contribution in [0.3, 0.4) is 0 Å². The highest BCUT2D eigenvalue weighted by atomic mass is 35.5. The van der Waals surface area contributed by atoms with Crippen molar-refractivity contribution in [2.45, 2.75) is 0 Å². The molecule has 5 aromatic rings. The zero-order valence-electron chi connectivity index (χ0n) is 19.7.